The van der Waals surface area contributed by atoms with Gasteiger partial charge < -0.3 is 14.5 Å². The highest BCUT2D eigenvalue weighted by molar-refractivity contribution is 6.29. The van der Waals surface area contributed by atoms with E-state index in [0.29, 0.717) is 11.7 Å². The number of nitrogens with one attached hydrogen (secondary N) is 1. The monoisotopic (exact) mass is 289 g/mol. The third kappa shape index (κ3) is 2.14. The van der Waals surface area contributed by atoms with E-state index >= 15 is 0 Å². The van der Waals surface area contributed by atoms with Crippen LogP contribution in [-0.4, -0.2) is 19.1 Å². The SMILES string of the molecule is CCn1c(NCc2ncc(Cl)n2C)nc2ccccc21. The minimum absolute atomic E-state index is 0.590. The lowest BCUT2D eigenvalue weighted by molar-refractivity contribution is 0.767. The number of rotatable bonds is 4. The van der Waals surface area contributed by atoms with Crippen LogP contribution >= 0.6 is 11.6 Å². The Labute approximate surface area is 122 Å². The number of para-hydroxylation sites is 2. The molecule has 0 atom stereocenters. The summed E-state index contributed by atoms with van der Waals surface area (Å²) in [4.78, 5) is 8.89. The van der Waals surface area contributed by atoms with E-state index in [4.69, 9.17) is 11.6 Å². The molecule has 0 unspecified atom stereocenters. The highest BCUT2D eigenvalue weighted by atomic mass is 35.5. The molecule has 0 aliphatic heterocycles. The Morgan fingerprint density at radius 3 is 2.80 bits per heavy atom. The van der Waals surface area contributed by atoms with E-state index < -0.39 is 0 Å². The summed E-state index contributed by atoms with van der Waals surface area (Å²) in [7, 11) is 1.90. The van der Waals surface area contributed by atoms with Crippen LogP contribution in [0.2, 0.25) is 5.15 Å². The van der Waals surface area contributed by atoms with Gasteiger partial charge in [0.2, 0.25) is 5.95 Å². The van der Waals surface area contributed by atoms with Gasteiger partial charge in [0.1, 0.15) is 11.0 Å². The van der Waals surface area contributed by atoms with Gasteiger partial charge >= 0.3 is 0 Å². The van der Waals surface area contributed by atoms with Crippen LogP contribution in [-0.2, 0) is 20.1 Å². The molecule has 3 aromatic rings. The first-order valence-electron chi connectivity index (χ1n) is 6.56. The van der Waals surface area contributed by atoms with Crippen molar-refractivity contribution in [3.05, 3.63) is 41.4 Å². The van der Waals surface area contributed by atoms with Crippen LogP contribution in [0.1, 0.15) is 12.7 Å². The maximum Gasteiger partial charge on any atom is 0.204 e. The van der Waals surface area contributed by atoms with Gasteiger partial charge in [0.25, 0.3) is 0 Å². The van der Waals surface area contributed by atoms with Crippen LogP contribution in [0.15, 0.2) is 30.5 Å². The largest absolute Gasteiger partial charge is 0.348 e. The molecule has 0 spiro atoms. The molecule has 2 heterocycles. The standard InChI is InChI=1S/C14H16ClN5/c1-3-20-11-7-5-4-6-10(11)18-14(20)17-9-13-16-8-12(15)19(13)2/h4-8H,3,9H2,1-2H3,(H,17,18). The van der Waals surface area contributed by atoms with Gasteiger partial charge in [-0.3, -0.25) is 0 Å². The Balaban J connectivity index is 1.89. The molecule has 1 aromatic carbocycles. The van der Waals surface area contributed by atoms with Crippen LogP contribution in [0, 0.1) is 0 Å². The van der Waals surface area contributed by atoms with E-state index in [0.717, 1.165) is 29.4 Å². The number of hydrogen-bond acceptors (Lipinski definition) is 3. The molecule has 0 amide bonds. The molecule has 20 heavy (non-hydrogen) atoms. The minimum atomic E-state index is 0.590. The van der Waals surface area contributed by atoms with Crippen LogP contribution in [0.4, 0.5) is 5.95 Å². The van der Waals surface area contributed by atoms with Gasteiger partial charge in [-0.05, 0) is 19.1 Å². The van der Waals surface area contributed by atoms with Gasteiger partial charge in [-0.15, -0.1) is 0 Å². The average molecular weight is 290 g/mol. The minimum Gasteiger partial charge on any atom is -0.348 e. The van der Waals surface area contributed by atoms with Crippen LogP contribution in [0.3, 0.4) is 0 Å². The summed E-state index contributed by atoms with van der Waals surface area (Å²) in [6.45, 7) is 3.56. The van der Waals surface area contributed by atoms with E-state index in [1.807, 2.05) is 29.8 Å². The molecule has 0 saturated heterocycles. The molecule has 2 aromatic heterocycles. The summed E-state index contributed by atoms with van der Waals surface area (Å²) in [6.07, 6.45) is 1.65. The van der Waals surface area contributed by atoms with Gasteiger partial charge in [0.05, 0.1) is 23.8 Å². The molecule has 6 heteroatoms. The number of halogens is 1. The lowest BCUT2D eigenvalue weighted by Gasteiger charge is -2.08. The van der Waals surface area contributed by atoms with Crippen LogP contribution < -0.4 is 5.32 Å². The van der Waals surface area contributed by atoms with Gasteiger partial charge in [-0.2, -0.15) is 0 Å². The summed E-state index contributed by atoms with van der Waals surface area (Å²) in [5.41, 5.74) is 2.13. The molecule has 3 rings (SSSR count). The molecule has 0 aliphatic carbocycles. The first kappa shape index (κ1) is 13.0. The Bertz CT molecular complexity index is 743. The summed E-state index contributed by atoms with van der Waals surface area (Å²) in [6, 6.07) is 8.12. The van der Waals surface area contributed by atoms with Crippen molar-refractivity contribution in [2.45, 2.75) is 20.0 Å². The summed E-state index contributed by atoms with van der Waals surface area (Å²) in [5, 5.41) is 3.96. The molecule has 5 nitrogen and oxygen atoms in total. The van der Waals surface area contributed by atoms with Crippen molar-refractivity contribution in [1.29, 1.82) is 0 Å². The van der Waals surface area contributed by atoms with Crippen molar-refractivity contribution in [3.63, 3.8) is 0 Å². The molecule has 0 saturated carbocycles. The van der Waals surface area contributed by atoms with E-state index in [9.17, 15) is 0 Å². The van der Waals surface area contributed by atoms with E-state index in [1.54, 1.807) is 6.20 Å². The number of aromatic nitrogens is 4. The maximum absolute atomic E-state index is 5.99. The van der Waals surface area contributed by atoms with E-state index in [-0.39, 0.29) is 0 Å². The Hall–Kier alpha value is -2.01. The fraction of sp³-hybridized carbons (Fsp3) is 0.286. The lowest BCUT2D eigenvalue weighted by Crippen LogP contribution is -2.10. The van der Waals surface area contributed by atoms with Gasteiger partial charge in [0, 0.05) is 13.6 Å². The zero-order valence-electron chi connectivity index (χ0n) is 11.5. The molecule has 0 radical (unpaired) electrons. The van der Waals surface area contributed by atoms with E-state index in [2.05, 4.69) is 32.8 Å². The van der Waals surface area contributed by atoms with Crippen molar-refractivity contribution < 1.29 is 0 Å². The first-order chi connectivity index (χ1) is 9.70. The van der Waals surface area contributed by atoms with E-state index in [1.165, 1.54) is 0 Å². The molecule has 0 fully saturated rings. The summed E-state index contributed by atoms with van der Waals surface area (Å²) >= 11 is 5.99. The van der Waals surface area contributed by atoms with Crippen molar-refractivity contribution >= 4 is 28.6 Å². The second kappa shape index (κ2) is 5.17. The number of benzene rings is 1. The third-order valence-corrected chi connectivity index (χ3v) is 3.75. The lowest BCUT2D eigenvalue weighted by atomic mass is 10.3. The number of nitrogens with zero attached hydrogens (tertiary/aromatic N) is 4. The highest BCUT2D eigenvalue weighted by Crippen LogP contribution is 2.20. The Morgan fingerprint density at radius 1 is 1.30 bits per heavy atom. The molecule has 104 valence electrons. The number of fused-ring (bicyclic) bond motifs is 1. The fourth-order valence-corrected chi connectivity index (χ4v) is 2.42. The van der Waals surface area contributed by atoms with Gasteiger partial charge in [-0.1, -0.05) is 23.7 Å². The smallest absolute Gasteiger partial charge is 0.204 e. The topological polar surface area (TPSA) is 47.7 Å². The summed E-state index contributed by atoms with van der Waals surface area (Å²) in [5.74, 6) is 1.73. The number of imidazole rings is 2. The van der Waals surface area contributed by atoms with Crippen molar-refractivity contribution in [3.8, 4) is 0 Å². The quantitative estimate of drug-likeness (QED) is 0.803. The normalized spacial score (nSPS) is 11.2. The first-order valence-corrected chi connectivity index (χ1v) is 6.93. The van der Waals surface area contributed by atoms with Crippen LogP contribution in [0.25, 0.3) is 11.0 Å². The Kier molecular flexibility index (Phi) is 3.36. The average Bonchev–Trinajstić information content (AvgIpc) is 2.98. The zero-order valence-corrected chi connectivity index (χ0v) is 12.2. The maximum atomic E-state index is 5.99. The second-order valence-electron chi connectivity index (χ2n) is 4.58. The predicted octanol–water partition coefficient (Wildman–Crippen LogP) is 3.06. The van der Waals surface area contributed by atoms with Crippen LogP contribution in [0.5, 0.6) is 0 Å². The molecular formula is C14H16ClN5. The predicted molar refractivity (Wildman–Crippen MR) is 81.0 cm³/mol. The molecular weight excluding hydrogens is 274 g/mol. The molecule has 0 bridgehead atoms. The number of anilines is 1. The van der Waals surface area contributed by atoms with Gasteiger partial charge in [-0.25, -0.2) is 9.97 Å². The number of aryl methyl sites for hydroxylation is 1. The summed E-state index contributed by atoms with van der Waals surface area (Å²) < 4.78 is 4.01. The molecule has 0 aliphatic rings. The van der Waals surface area contributed by atoms with Crippen molar-refractivity contribution in [2.75, 3.05) is 5.32 Å². The van der Waals surface area contributed by atoms with Crippen molar-refractivity contribution in [2.24, 2.45) is 7.05 Å². The Morgan fingerprint density at radius 2 is 2.10 bits per heavy atom. The molecule has 1 N–H and O–H groups in total. The number of hydrogen-bond donors (Lipinski definition) is 1. The van der Waals surface area contributed by atoms with Gasteiger partial charge in [0.15, 0.2) is 0 Å². The highest BCUT2D eigenvalue weighted by Gasteiger charge is 2.10. The zero-order chi connectivity index (χ0) is 14.1. The fourth-order valence-electron chi connectivity index (χ4n) is 2.28. The third-order valence-electron chi connectivity index (χ3n) is 3.40. The second-order valence-corrected chi connectivity index (χ2v) is 4.97. The van der Waals surface area contributed by atoms with Crippen molar-refractivity contribution in [1.82, 2.24) is 19.1 Å².